The second-order valence-electron chi connectivity index (χ2n) is 4.64. The number of thiazole rings is 1. The molecule has 114 valence electrons. The van der Waals surface area contributed by atoms with E-state index in [9.17, 15) is 12.8 Å². The average Bonchev–Trinajstić information content (AvgIpc) is 2.81. The van der Waals surface area contributed by atoms with Gasteiger partial charge in [-0.3, -0.25) is 4.72 Å². The predicted octanol–water partition coefficient (Wildman–Crippen LogP) is 3.44. The number of benzene rings is 1. The van der Waals surface area contributed by atoms with E-state index in [1.54, 1.807) is 5.38 Å². The zero-order chi connectivity index (χ0) is 15.8. The fraction of sp³-hybridized carbons (Fsp3) is 0.250. The fourth-order valence-electron chi connectivity index (χ4n) is 1.55. The standard InChI is InChI=1S/C12H13ClFN3O2S2/c1-6(2)9-5-20-12(16-9)17-21(18,19)10-4-7(13)3-8(15)11(10)14/h3-6H,15H2,1-2H3,(H,16,17). The van der Waals surface area contributed by atoms with Crippen LogP contribution >= 0.6 is 22.9 Å². The van der Waals surface area contributed by atoms with Crippen LogP contribution in [0.15, 0.2) is 22.4 Å². The molecule has 0 spiro atoms. The van der Waals surface area contributed by atoms with Gasteiger partial charge in [-0.25, -0.2) is 17.8 Å². The maximum atomic E-state index is 13.9. The van der Waals surface area contributed by atoms with Crippen LogP contribution < -0.4 is 10.5 Å². The lowest BCUT2D eigenvalue weighted by molar-refractivity contribution is 0.573. The number of hydrogen-bond acceptors (Lipinski definition) is 5. The third-order valence-corrected chi connectivity index (χ3v) is 5.12. The monoisotopic (exact) mass is 349 g/mol. The van der Waals surface area contributed by atoms with Crippen molar-refractivity contribution in [3.05, 3.63) is 34.0 Å². The van der Waals surface area contributed by atoms with Crippen LogP contribution in [0.1, 0.15) is 25.5 Å². The molecule has 1 aromatic heterocycles. The zero-order valence-electron chi connectivity index (χ0n) is 11.2. The third kappa shape index (κ3) is 3.45. The molecular formula is C12H13ClFN3O2S2. The van der Waals surface area contributed by atoms with E-state index >= 15 is 0 Å². The van der Waals surface area contributed by atoms with Crippen molar-refractivity contribution in [2.45, 2.75) is 24.7 Å². The van der Waals surface area contributed by atoms with Gasteiger partial charge in [-0.15, -0.1) is 11.3 Å². The Bertz CT molecular complexity index is 775. The molecular weight excluding hydrogens is 337 g/mol. The Morgan fingerprint density at radius 3 is 2.67 bits per heavy atom. The van der Waals surface area contributed by atoms with Crippen LogP contribution in [0.5, 0.6) is 0 Å². The molecule has 2 aromatic rings. The lowest BCUT2D eigenvalue weighted by Crippen LogP contribution is -2.15. The molecule has 0 aliphatic carbocycles. The first-order valence-electron chi connectivity index (χ1n) is 5.93. The van der Waals surface area contributed by atoms with Crippen molar-refractivity contribution in [3.8, 4) is 0 Å². The van der Waals surface area contributed by atoms with Crippen molar-refractivity contribution in [1.82, 2.24) is 4.98 Å². The molecule has 0 saturated carbocycles. The summed E-state index contributed by atoms with van der Waals surface area (Å²) in [5, 5.41) is 1.94. The largest absolute Gasteiger partial charge is 0.396 e. The van der Waals surface area contributed by atoms with Gasteiger partial charge < -0.3 is 5.73 Å². The summed E-state index contributed by atoms with van der Waals surface area (Å²) in [4.78, 5) is 3.53. The van der Waals surface area contributed by atoms with E-state index in [1.807, 2.05) is 13.8 Å². The molecule has 0 fully saturated rings. The van der Waals surface area contributed by atoms with E-state index in [0.717, 1.165) is 29.2 Å². The van der Waals surface area contributed by atoms with Crippen LogP contribution in [-0.2, 0) is 10.0 Å². The van der Waals surface area contributed by atoms with E-state index in [2.05, 4.69) is 9.71 Å². The second kappa shape index (κ2) is 5.78. The fourth-order valence-corrected chi connectivity index (χ4v) is 4.10. The van der Waals surface area contributed by atoms with Gasteiger partial charge in [-0.1, -0.05) is 25.4 Å². The highest BCUT2D eigenvalue weighted by Gasteiger charge is 2.23. The minimum absolute atomic E-state index is 0.0382. The van der Waals surface area contributed by atoms with Crippen molar-refractivity contribution >= 4 is 43.8 Å². The van der Waals surface area contributed by atoms with Crippen LogP contribution in [0, 0.1) is 5.82 Å². The Kier molecular flexibility index (Phi) is 4.40. The molecule has 3 N–H and O–H groups in total. The van der Waals surface area contributed by atoms with Gasteiger partial charge in [-0.05, 0) is 18.1 Å². The van der Waals surface area contributed by atoms with Gasteiger partial charge in [0.2, 0.25) is 0 Å². The Hall–Kier alpha value is -1.38. The van der Waals surface area contributed by atoms with Gasteiger partial charge in [0.05, 0.1) is 11.4 Å². The highest BCUT2D eigenvalue weighted by atomic mass is 35.5. The van der Waals surface area contributed by atoms with Crippen LogP contribution in [-0.4, -0.2) is 13.4 Å². The minimum Gasteiger partial charge on any atom is -0.396 e. The van der Waals surface area contributed by atoms with Gasteiger partial charge in [-0.2, -0.15) is 0 Å². The van der Waals surface area contributed by atoms with Gasteiger partial charge in [0, 0.05) is 10.4 Å². The number of anilines is 2. The summed E-state index contributed by atoms with van der Waals surface area (Å²) in [5.74, 6) is -0.870. The first kappa shape index (κ1) is 16.0. The van der Waals surface area contributed by atoms with Gasteiger partial charge in [0.15, 0.2) is 10.9 Å². The number of halogens is 2. The number of nitrogens with two attached hydrogens (primary N) is 1. The van der Waals surface area contributed by atoms with Crippen molar-refractivity contribution in [2.75, 3.05) is 10.5 Å². The number of nitrogens with zero attached hydrogens (tertiary/aromatic N) is 1. The smallest absolute Gasteiger partial charge is 0.266 e. The molecule has 0 aliphatic rings. The van der Waals surface area contributed by atoms with E-state index < -0.39 is 20.7 Å². The summed E-state index contributed by atoms with van der Waals surface area (Å²) >= 11 is 6.85. The van der Waals surface area contributed by atoms with E-state index in [1.165, 1.54) is 0 Å². The summed E-state index contributed by atoms with van der Waals surface area (Å²) in [6, 6.07) is 2.16. The second-order valence-corrected chi connectivity index (χ2v) is 7.59. The van der Waals surface area contributed by atoms with Gasteiger partial charge in [0.25, 0.3) is 10.0 Å². The van der Waals surface area contributed by atoms with Gasteiger partial charge >= 0.3 is 0 Å². The first-order chi connectivity index (χ1) is 9.70. The van der Waals surface area contributed by atoms with Crippen LogP contribution in [0.25, 0.3) is 0 Å². The number of nitrogen functional groups attached to an aromatic ring is 1. The Labute approximate surface area is 131 Å². The molecule has 5 nitrogen and oxygen atoms in total. The lowest BCUT2D eigenvalue weighted by Gasteiger charge is -2.08. The Morgan fingerprint density at radius 1 is 1.43 bits per heavy atom. The zero-order valence-corrected chi connectivity index (χ0v) is 13.6. The average molecular weight is 350 g/mol. The molecule has 21 heavy (non-hydrogen) atoms. The molecule has 0 saturated heterocycles. The maximum Gasteiger partial charge on any atom is 0.266 e. The molecule has 1 aromatic carbocycles. The number of hydrogen-bond donors (Lipinski definition) is 2. The minimum atomic E-state index is -4.14. The highest BCUT2D eigenvalue weighted by Crippen LogP contribution is 2.28. The van der Waals surface area contributed by atoms with Crippen LogP contribution in [0.3, 0.4) is 0 Å². The lowest BCUT2D eigenvalue weighted by atomic mass is 10.2. The molecule has 2 rings (SSSR count). The van der Waals surface area contributed by atoms with Crippen molar-refractivity contribution in [1.29, 1.82) is 0 Å². The van der Waals surface area contributed by atoms with Gasteiger partial charge in [0.1, 0.15) is 4.90 Å². The van der Waals surface area contributed by atoms with E-state index in [4.69, 9.17) is 17.3 Å². The van der Waals surface area contributed by atoms with Crippen LogP contribution in [0.4, 0.5) is 15.2 Å². The molecule has 0 aliphatic heterocycles. The molecule has 0 atom stereocenters. The molecule has 9 heteroatoms. The van der Waals surface area contributed by atoms with Crippen molar-refractivity contribution in [3.63, 3.8) is 0 Å². The number of sulfonamides is 1. The number of nitrogens with one attached hydrogen (secondary N) is 1. The number of rotatable bonds is 4. The quantitative estimate of drug-likeness (QED) is 0.828. The number of aromatic nitrogens is 1. The summed E-state index contributed by atoms with van der Waals surface area (Å²) < 4.78 is 40.5. The molecule has 0 amide bonds. The molecule has 0 radical (unpaired) electrons. The summed E-state index contributed by atoms with van der Waals surface area (Å²) in [5.41, 5.74) is 5.82. The molecule has 1 heterocycles. The normalized spacial score (nSPS) is 11.9. The van der Waals surface area contributed by atoms with E-state index in [-0.39, 0.29) is 21.8 Å². The summed E-state index contributed by atoms with van der Waals surface area (Å²) in [6.07, 6.45) is 0. The van der Waals surface area contributed by atoms with E-state index in [0.29, 0.717) is 0 Å². The third-order valence-electron chi connectivity index (χ3n) is 2.66. The topological polar surface area (TPSA) is 85.1 Å². The Morgan fingerprint density at radius 2 is 2.10 bits per heavy atom. The molecule has 0 bridgehead atoms. The summed E-state index contributed by atoms with van der Waals surface area (Å²) in [6.45, 7) is 3.87. The SMILES string of the molecule is CC(C)c1csc(NS(=O)(=O)c2cc(Cl)cc(N)c2F)n1. The first-order valence-corrected chi connectivity index (χ1v) is 8.67. The summed E-state index contributed by atoms with van der Waals surface area (Å²) in [7, 11) is -4.14. The predicted molar refractivity (Wildman–Crippen MR) is 82.8 cm³/mol. The molecule has 0 unspecified atom stereocenters. The van der Waals surface area contributed by atoms with Crippen molar-refractivity contribution in [2.24, 2.45) is 0 Å². The van der Waals surface area contributed by atoms with Crippen LogP contribution in [0.2, 0.25) is 5.02 Å². The highest BCUT2D eigenvalue weighted by molar-refractivity contribution is 7.93. The maximum absolute atomic E-state index is 13.9. The Balaban J connectivity index is 2.38. The van der Waals surface area contributed by atoms with Crippen molar-refractivity contribution < 1.29 is 12.8 Å².